The molecule has 1 aromatic carbocycles. The molecule has 16 heavy (non-hydrogen) atoms. The van der Waals surface area contributed by atoms with E-state index >= 15 is 0 Å². The minimum atomic E-state index is -0.412. The van der Waals surface area contributed by atoms with Crippen LogP contribution in [0.4, 0.5) is 0 Å². The molecule has 1 aromatic rings. The summed E-state index contributed by atoms with van der Waals surface area (Å²) in [5.74, 6) is -0.0125. The van der Waals surface area contributed by atoms with Crippen molar-refractivity contribution in [2.24, 2.45) is 0 Å². The topological polar surface area (TPSA) is 49.3 Å². The van der Waals surface area contributed by atoms with Crippen molar-refractivity contribution in [3.05, 3.63) is 35.4 Å². The molecule has 0 saturated carbocycles. The zero-order valence-corrected chi connectivity index (χ0v) is 9.86. The highest BCUT2D eigenvalue weighted by Crippen LogP contribution is 2.03. The first-order valence-electron chi connectivity index (χ1n) is 5.58. The van der Waals surface area contributed by atoms with Gasteiger partial charge < -0.3 is 10.4 Å². The normalized spacial score (nSPS) is 12.2. The van der Waals surface area contributed by atoms with Gasteiger partial charge in [-0.2, -0.15) is 0 Å². The minimum absolute atomic E-state index is 0.0125. The lowest BCUT2D eigenvalue weighted by Gasteiger charge is -2.06. The van der Waals surface area contributed by atoms with Crippen LogP contribution in [-0.4, -0.2) is 17.1 Å². The average molecular weight is 221 g/mol. The standard InChI is InChI=1S/C13H19NO2/c1-10-3-6-12(7-4-10)9-14-13(16)8-5-11(2)15/h3-4,6-7,11,15H,5,8-9H2,1-2H3,(H,14,16). The van der Waals surface area contributed by atoms with Gasteiger partial charge in [-0.3, -0.25) is 4.79 Å². The summed E-state index contributed by atoms with van der Waals surface area (Å²) in [6.45, 7) is 4.27. The molecule has 0 bridgehead atoms. The monoisotopic (exact) mass is 221 g/mol. The fourth-order valence-electron chi connectivity index (χ4n) is 1.33. The minimum Gasteiger partial charge on any atom is -0.393 e. The maximum atomic E-state index is 11.4. The molecule has 0 saturated heterocycles. The van der Waals surface area contributed by atoms with Crippen LogP contribution in [0.1, 0.15) is 30.9 Å². The lowest BCUT2D eigenvalue weighted by Crippen LogP contribution is -2.23. The van der Waals surface area contributed by atoms with Gasteiger partial charge in [0, 0.05) is 13.0 Å². The van der Waals surface area contributed by atoms with E-state index in [1.54, 1.807) is 6.92 Å². The molecule has 0 aliphatic carbocycles. The fraction of sp³-hybridized carbons (Fsp3) is 0.462. The third kappa shape index (κ3) is 4.94. The van der Waals surface area contributed by atoms with Crippen molar-refractivity contribution >= 4 is 5.91 Å². The Morgan fingerprint density at radius 1 is 1.38 bits per heavy atom. The Morgan fingerprint density at radius 3 is 2.56 bits per heavy atom. The first-order chi connectivity index (χ1) is 7.58. The Bertz CT molecular complexity index is 330. The van der Waals surface area contributed by atoms with E-state index in [-0.39, 0.29) is 5.91 Å². The maximum absolute atomic E-state index is 11.4. The molecule has 0 heterocycles. The van der Waals surface area contributed by atoms with Gasteiger partial charge in [0.1, 0.15) is 0 Å². The third-order valence-corrected chi connectivity index (χ3v) is 2.40. The Balaban J connectivity index is 2.29. The van der Waals surface area contributed by atoms with Crippen LogP contribution in [0.5, 0.6) is 0 Å². The van der Waals surface area contributed by atoms with Gasteiger partial charge in [-0.15, -0.1) is 0 Å². The summed E-state index contributed by atoms with van der Waals surface area (Å²) in [7, 11) is 0. The van der Waals surface area contributed by atoms with E-state index in [0.29, 0.717) is 19.4 Å². The molecule has 0 aliphatic heterocycles. The Morgan fingerprint density at radius 2 is 2.00 bits per heavy atom. The molecular weight excluding hydrogens is 202 g/mol. The number of rotatable bonds is 5. The van der Waals surface area contributed by atoms with E-state index in [1.165, 1.54) is 5.56 Å². The van der Waals surface area contributed by atoms with Crippen LogP contribution in [0.25, 0.3) is 0 Å². The van der Waals surface area contributed by atoms with Crippen molar-refractivity contribution in [3.63, 3.8) is 0 Å². The molecule has 1 rings (SSSR count). The highest BCUT2D eigenvalue weighted by atomic mass is 16.3. The predicted molar refractivity (Wildman–Crippen MR) is 63.9 cm³/mol. The van der Waals surface area contributed by atoms with Crippen molar-refractivity contribution in [3.8, 4) is 0 Å². The van der Waals surface area contributed by atoms with Gasteiger partial charge in [0.05, 0.1) is 6.10 Å². The summed E-state index contributed by atoms with van der Waals surface area (Å²) in [5.41, 5.74) is 2.31. The van der Waals surface area contributed by atoms with Gasteiger partial charge >= 0.3 is 0 Å². The number of amides is 1. The van der Waals surface area contributed by atoms with Crippen LogP contribution in [0.2, 0.25) is 0 Å². The number of aliphatic hydroxyl groups is 1. The van der Waals surface area contributed by atoms with Gasteiger partial charge in [0.2, 0.25) is 5.91 Å². The number of hydrogen-bond donors (Lipinski definition) is 2. The van der Waals surface area contributed by atoms with Crippen molar-refractivity contribution in [2.75, 3.05) is 0 Å². The highest BCUT2D eigenvalue weighted by Gasteiger charge is 2.03. The second kappa shape index (κ2) is 6.28. The quantitative estimate of drug-likeness (QED) is 0.796. The smallest absolute Gasteiger partial charge is 0.220 e. The maximum Gasteiger partial charge on any atom is 0.220 e. The molecule has 0 spiro atoms. The van der Waals surface area contributed by atoms with Crippen LogP contribution < -0.4 is 5.32 Å². The lowest BCUT2D eigenvalue weighted by molar-refractivity contribution is -0.121. The third-order valence-electron chi connectivity index (χ3n) is 2.40. The molecule has 3 heteroatoms. The van der Waals surface area contributed by atoms with Gasteiger partial charge in [0.25, 0.3) is 0 Å². The molecule has 1 unspecified atom stereocenters. The molecular formula is C13H19NO2. The molecule has 1 amide bonds. The summed E-state index contributed by atoms with van der Waals surface area (Å²) < 4.78 is 0. The molecule has 0 radical (unpaired) electrons. The SMILES string of the molecule is Cc1ccc(CNC(=O)CCC(C)O)cc1. The van der Waals surface area contributed by atoms with Gasteiger partial charge in [0.15, 0.2) is 0 Å². The van der Waals surface area contributed by atoms with E-state index in [4.69, 9.17) is 5.11 Å². The van der Waals surface area contributed by atoms with Gasteiger partial charge in [-0.25, -0.2) is 0 Å². The molecule has 2 N–H and O–H groups in total. The first-order valence-corrected chi connectivity index (χ1v) is 5.58. The predicted octanol–water partition coefficient (Wildman–Crippen LogP) is 1.77. The fourth-order valence-corrected chi connectivity index (χ4v) is 1.33. The van der Waals surface area contributed by atoms with Crippen LogP contribution in [0.3, 0.4) is 0 Å². The van der Waals surface area contributed by atoms with Crippen LogP contribution in [0.15, 0.2) is 24.3 Å². The summed E-state index contributed by atoms with van der Waals surface area (Å²) in [6, 6.07) is 8.06. The van der Waals surface area contributed by atoms with Crippen molar-refractivity contribution in [2.45, 2.75) is 39.3 Å². The van der Waals surface area contributed by atoms with Crippen LogP contribution in [0, 0.1) is 6.92 Å². The Labute approximate surface area is 96.5 Å². The summed E-state index contributed by atoms with van der Waals surface area (Å²) in [4.78, 5) is 11.4. The molecule has 0 aromatic heterocycles. The van der Waals surface area contributed by atoms with Crippen molar-refractivity contribution in [1.82, 2.24) is 5.32 Å². The number of hydrogen-bond acceptors (Lipinski definition) is 2. The second-order valence-corrected chi connectivity index (χ2v) is 4.15. The zero-order chi connectivity index (χ0) is 12.0. The number of benzene rings is 1. The second-order valence-electron chi connectivity index (χ2n) is 4.15. The summed E-state index contributed by atoms with van der Waals surface area (Å²) in [5, 5.41) is 11.9. The zero-order valence-electron chi connectivity index (χ0n) is 9.86. The Kier molecular flexibility index (Phi) is 4.99. The Hall–Kier alpha value is -1.35. The van der Waals surface area contributed by atoms with Crippen LogP contribution >= 0.6 is 0 Å². The number of carbonyl (C=O) groups excluding carboxylic acids is 1. The first kappa shape index (κ1) is 12.7. The van der Waals surface area contributed by atoms with E-state index in [1.807, 2.05) is 31.2 Å². The van der Waals surface area contributed by atoms with E-state index in [9.17, 15) is 4.79 Å². The van der Waals surface area contributed by atoms with E-state index in [2.05, 4.69) is 5.32 Å². The van der Waals surface area contributed by atoms with Crippen molar-refractivity contribution < 1.29 is 9.90 Å². The largest absolute Gasteiger partial charge is 0.393 e. The average Bonchev–Trinajstić information content (AvgIpc) is 2.25. The lowest BCUT2D eigenvalue weighted by atomic mass is 10.1. The van der Waals surface area contributed by atoms with E-state index in [0.717, 1.165) is 5.56 Å². The number of nitrogens with one attached hydrogen (secondary N) is 1. The highest BCUT2D eigenvalue weighted by molar-refractivity contribution is 5.75. The number of carbonyl (C=O) groups is 1. The summed E-state index contributed by atoms with van der Waals surface area (Å²) >= 11 is 0. The molecule has 0 fully saturated rings. The molecule has 88 valence electrons. The molecule has 1 atom stereocenters. The number of aliphatic hydroxyl groups excluding tert-OH is 1. The van der Waals surface area contributed by atoms with Gasteiger partial charge in [-0.1, -0.05) is 29.8 Å². The summed E-state index contributed by atoms with van der Waals surface area (Å²) in [6.07, 6.45) is 0.480. The van der Waals surface area contributed by atoms with E-state index < -0.39 is 6.10 Å². The molecule has 0 aliphatic rings. The van der Waals surface area contributed by atoms with Crippen LogP contribution in [-0.2, 0) is 11.3 Å². The van der Waals surface area contributed by atoms with Gasteiger partial charge in [-0.05, 0) is 25.8 Å². The number of aryl methyl sites for hydroxylation is 1. The van der Waals surface area contributed by atoms with Crippen molar-refractivity contribution in [1.29, 1.82) is 0 Å². The molecule has 3 nitrogen and oxygen atoms in total.